The zero-order valence-corrected chi connectivity index (χ0v) is 14.0. The Morgan fingerprint density at radius 2 is 1.90 bits per heavy atom. The summed E-state index contributed by atoms with van der Waals surface area (Å²) in [5, 5.41) is 0.0428. The third-order valence-electron chi connectivity index (χ3n) is 2.61. The van der Waals surface area contributed by atoms with Crippen LogP contribution in [-0.4, -0.2) is 46.6 Å². The molecule has 1 rings (SSSR count). The Balaban J connectivity index is 3.24. The van der Waals surface area contributed by atoms with Crippen molar-refractivity contribution in [2.45, 2.75) is 4.90 Å². The molecule has 5 nitrogen and oxygen atoms in total. The van der Waals surface area contributed by atoms with Gasteiger partial charge in [-0.3, -0.25) is 0 Å². The van der Waals surface area contributed by atoms with Gasteiger partial charge in [-0.15, -0.1) is 0 Å². The molecule has 0 atom stereocenters. The van der Waals surface area contributed by atoms with Crippen molar-refractivity contribution >= 4 is 33.2 Å². The largest absolute Gasteiger partial charge is 0.383 e. The van der Waals surface area contributed by atoms with Gasteiger partial charge in [-0.05, 0) is 12.1 Å². The van der Waals surface area contributed by atoms with E-state index in [1.165, 1.54) is 26.3 Å². The van der Waals surface area contributed by atoms with E-state index < -0.39 is 10.0 Å². The van der Waals surface area contributed by atoms with Gasteiger partial charge in [0.25, 0.3) is 0 Å². The van der Waals surface area contributed by atoms with Gasteiger partial charge in [0.15, 0.2) is 0 Å². The quantitative estimate of drug-likeness (QED) is 0.818. The van der Waals surface area contributed by atoms with Gasteiger partial charge in [-0.2, -0.15) is 4.31 Å². The summed E-state index contributed by atoms with van der Waals surface area (Å²) in [5.74, 6) is 5.41. The number of rotatable bonds is 5. The zero-order chi connectivity index (χ0) is 16.0. The fraction of sp³-hybridized carbons (Fsp3) is 0.385. The first-order chi connectivity index (χ1) is 9.84. The maximum Gasteiger partial charge on any atom is 0.245 e. The van der Waals surface area contributed by atoms with Crippen LogP contribution in [0.4, 0.5) is 0 Å². The second-order valence-corrected chi connectivity index (χ2v) is 6.89. The number of ether oxygens (including phenoxy) is 1. The average molecular weight is 351 g/mol. The van der Waals surface area contributed by atoms with Gasteiger partial charge in [-0.1, -0.05) is 35.0 Å². The van der Waals surface area contributed by atoms with Crippen molar-refractivity contribution < 1.29 is 13.2 Å². The van der Waals surface area contributed by atoms with Crippen LogP contribution in [0.1, 0.15) is 5.56 Å². The molecule has 0 aromatic heterocycles. The lowest BCUT2D eigenvalue weighted by molar-refractivity contribution is 0.185. The van der Waals surface area contributed by atoms with E-state index in [-0.39, 0.29) is 34.6 Å². The van der Waals surface area contributed by atoms with Crippen LogP contribution in [0.15, 0.2) is 17.0 Å². The minimum atomic E-state index is -3.79. The number of nitrogens with zero attached hydrogens (tertiary/aromatic N) is 1. The Morgan fingerprint density at radius 3 is 2.38 bits per heavy atom. The van der Waals surface area contributed by atoms with Gasteiger partial charge < -0.3 is 10.5 Å². The average Bonchev–Trinajstić information content (AvgIpc) is 2.41. The molecule has 0 aliphatic carbocycles. The molecule has 1 aromatic rings. The molecule has 0 aliphatic heterocycles. The van der Waals surface area contributed by atoms with Crippen LogP contribution >= 0.6 is 23.2 Å². The SMILES string of the molecule is COCCN(C)S(=O)(=O)c1c(Cl)cc(C#CCN)cc1Cl. The number of benzene rings is 1. The van der Waals surface area contributed by atoms with Crippen molar-refractivity contribution in [2.75, 3.05) is 33.9 Å². The fourth-order valence-electron chi connectivity index (χ4n) is 1.53. The molecule has 0 saturated carbocycles. The number of halogens is 2. The lowest BCUT2D eigenvalue weighted by atomic mass is 10.2. The molecule has 0 unspecified atom stereocenters. The van der Waals surface area contributed by atoms with Crippen LogP contribution in [0.25, 0.3) is 0 Å². The van der Waals surface area contributed by atoms with E-state index in [0.717, 1.165) is 4.31 Å². The summed E-state index contributed by atoms with van der Waals surface area (Å²) < 4.78 is 30.9. The molecule has 0 spiro atoms. The number of methoxy groups -OCH3 is 1. The molecule has 1 aromatic carbocycles. The first-order valence-electron chi connectivity index (χ1n) is 5.97. The molecule has 0 bridgehead atoms. The number of sulfonamides is 1. The predicted molar refractivity (Wildman–Crippen MR) is 84.1 cm³/mol. The lowest BCUT2D eigenvalue weighted by Gasteiger charge is -2.18. The maximum atomic E-state index is 12.5. The first-order valence-corrected chi connectivity index (χ1v) is 8.17. The zero-order valence-electron chi connectivity index (χ0n) is 11.7. The maximum absolute atomic E-state index is 12.5. The van der Waals surface area contributed by atoms with Crippen LogP contribution < -0.4 is 5.73 Å². The van der Waals surface area contributed by atoms with Crippen LogP contribution in [0, 0.1) is 11.8 Å². The highest BCUT2D eigenvalue weighted by Gasteiger charge is 2.26. The molecule has 0 heterocycles. The third kappa shape index (κ3) is 4.58. The number of likely N-dealkylation sites (N-methyl/N-ethyl adjacent to an activating group) is 1. The lowest BCUT2D eigenvalue weighted by Crippen LogP contribution is -2.30. The Hall–Kier alpha value is -0.810. The summed E-state index contributed by atoms with van der Waals surface area (Å²) in [5.41, 5.74) is 5.79. The molecular formula is C13H16Cl2N2O3S. The summed E-state index contributed by atoms with van der Waals surface area (Å²) in [6.07, 6.45) is 0. The molecule has 8 heteroatoms. The van der Waals surface area contributed by atoms with E-state index in [9.17, 15) is 8.42 Å². The van der Waals surface area contributed by atoms with Crippen LogP contribution in [0.3, 0.4) is 0 Å². The van der Waals surface area contributed by atoms with Crippen LogP contribution in [0.5, 0.6) is 0 Å². The van der Waals surface area contributed by atoms with Crippen molar-refractivity contribution in [3.05, 3.63) is 27.7 Å². The number of hydrogen-bond donors (Lipinski definition) is 1. The number of nitrogens with two attached hydrogens (primary N) is 1. The molecule has 0 saturated heterocycles. The minimum absolute atomic E-state index is 0.0214. The van der Waals surface area contributed by atoms with E-state index >= 15 is 0 Å². The summed E-state index contributed by atoms with van der Waals surface area (Å²) in [6, 6.07) is 2.90. The van der Waals surface area contributed by atoms with Gasteiger partial charge in [-0.25, -0.2) is 8.42 Å². The van der Waals surface area contributed by atoms with Crippen molar-refractivity contribution in [3.63, 3.8) is 0 Å². The fourth-order valence-corrected chi connectivity index (χ4v) is 3.84. The second-order valence-electron chi connectivity index (χ2n) is 4.09. The molecule has 0 fully saturated rings. The summed E-state index contributed by atoms with van der Waals surface area (Å²) in [4.78, 5) is -0.136. The summed E-state index contributed by atoms with van der Waals surface area (Å²) >= 11 is 12.1. The Kier molecular flexibility index (Phi) is 6.94. The highest BCUT2D eigenvalue weighted by Crippen LogP contribution is 2.32. The Morgan fingerprint density at radius 1 is 1.33 bits per heavy atom. The van der Waals surface area contributed by atoms with E-state index in [1.54, 1.807) is 0 Å². The molecule has 2 N–H and O–H groups in total. The standard InChI is InChI=1S/C13H16Cl2N2O3S/c1-17(6-7-20-2)21(18,19)13-11(14)8-10(4-3-5-16)9-12(13)15/h8-9H,5-7,16H2,1-2H3. The normalized spacial score (nSPS) is 11.3. The van der Waals surface area contributed by atoms with Crippen LogP contribution in [-0.2, 0) is 14.8 Å². The molecule has 116 valence electrons. The van der Waals surface area contributed by atoms with Gasteiger partial charge >= 0.3 is 0 Å². The topological polar surface area (TPSA) is 72.6 Å². The van der Waals surface area contributed by atoms with Gasteiger partial charge in [0.05, 0.1) is 23.2 Å². The second kappa shape index (κ2) is 7.99. The predicted octanol–water partition coefficient (Wildman–Crippen LogP) is 1.57. The Labute approximate surface area is 135 Å². The first kappa shape index (κ1) is 18.2. The molecule has 0 amide bonds. The van der Waals surface area contributed by atoms with Crippen molar-refractivity contribution in [2.24, 2.45) is 5.73 Å². The highest BCUT2D eigenvalue weighted by molar-refractivity contribution is 7.89. The van der Waals surface area contributed by atoms with Crippen LogP contribution in [0.2, 0.25) is 10.0 Å². The van der Waals surface area contributed by atoms with E-state index in [2.05, 4.69) is 11.8 Å². The van der Waals surface area contributed by atoms with Crippen molar-refractivity contribution in [1.29, 1.82) is 0 Å². The smallest absolute Gasteiger partial charge is 0.245 e. The van der Waals surface area contributed by atoms with Crippen molar-refractivity contribution in [1.82, 2.24) is 4.31 Å². The summed E-state index contributed by atoms with van der Waals surface area (Å²) in [6.45, 7) is 0.653. The molecule has 0 radical (unpaired) electrons. The third-order valence-corrected chi connectivity index (χ3v) is 5.39. The van der Waals surface area contributed by atoms with Crippen molar-refractivity contribution in [3.8, 4) is 11.8 Å². The van der Waals surface area contributed by atoms with Gasteiger partial charge in [0.2, 0.25) is 10.0 Å². The summed E-state index contributed by atoms with van der Waals surface area (Å²) in [7, 11) is -0.868. The molecule has 0 aliphatic rings. The minimum Gasteiger partial charge on any atom is -0.383 e. The monoisotopic (exact) mass is 350 g/mol. The van der Waals surface area contributed by atoms with E-state index in [1.807, 2.05) is 0 Å². The van der Waals surface area contributed by atoms with E-state index in [4.69, 9.17) is 33.7 Å². The van der Waals surface area contributed by atoms with Gasteiger partial charge in [0.1, 0.15) is 4.90 Å². The van der Waals surface area contributed by atoms with Gasteiger partial charge in [0, 0.05) is 26.3 Å². The Bertz CT molecular complexity index is 643. The number of hydrogen-bond acceptors (Lipinski definition) is 4. The molecule has 21 heavy (non-hydrogen) atoms. The highest BCUT2D eigenvalue weighted by atomic mass is 35.5. The van der Waals surface area contributed by atoms with E-state index in [0.29, 0.717) is 5.56 Å². The molecular weight excluding hydrogens is 335 g/mol.